The van der Waals surface area contributed by atoms with E-state index in [1.165, 1.54) is 59.7 Å². The fourth-order valence-corrected chi connectivity index (χ4v) is 6.32. The number of benzene rings is 2. The van der Waals surface area contributed by atoms with Crippen LogP contribution in [-0.2, 0) is 0 Å². The summed E-state index contributed by atoms with van der Waals surface area (Å²) in [7, 11) is 0. The molecule has 35 heavy (non-hydrogen) atoms. The van der Waals surface area contributed by atoms with E-state index in [4.69, 9.17) is 11.1 Å². The Morgan fingerprint density at radius 2 is 1.80 bits per heavy atom. The number of nitrogens with zero attached hydrogens (tertiary/aromatic N) is 2. The summed E-state index contributed by atoms with van der Waals surface area (Å²) < 4.78 is 2.61. The van der Waals surface area contributed by atoms with Crippen LogP contribution in [-0.4, -0.2) is 41.1 Å². The van der Waals surface area contributed by atoms with Crippen LogP contribution in [0.15, 0.2) is 54.7 Å². The predicted molar refractivity (Wildman–Crippen MR) is 146 cm³/mol. The molecule has 1 aliphatic carbocycles. The summed E-state index contributed by atoms with van der Waals surface area (Å²) in [6.45, 7) is 4.95. The molecule has 1 aliphatic heterocycles. The minimum atomic E-state index is 0.206. The topological polar surface area (TPSA) is 70.1 Å². The van der Waals surface area contributed by atoms with Crippen LogP contribution >= 0.6 is 0 Å². The number of hydrogen-bond donors (Lipinski definition) is 3. The summed E-state index contributed by atoms with van der Waals surface area (Å²) in [5, 5.41) is 12.9. The van der Waals surface area contributed by atoms with Gasteiger partial charge in [0, 0.05) is 48.2 Å². The Bertz CT molecular complexity index is 1130. The van der Waals surface area contributed by atoms with E-state index in [-0.39, 0.29) is 5.96 Å². The second-order valence-corrected chi connectivity index (χ2v) is 10.7. The Kier molecular flexibility index (Phi) is 7.43. The summed E-state index contributed by atoms with van der Waals surface area (Å²) >= 11 is 0. The second kappa shape index (κ2) is 10.9. The molecule has 5 rings (SSSR count). The number of nitrogens with two attached hydrogens (primary N) is 1. The molecular formula is C30H41N5. The number of aryl methyl sites for hydroxylation is 1. The lowest BCUT2D eigenvalue weighted by Crippen LogP contribution is -2.47. The zero-order valence-corrected chi connectivity index (χ0v) is 21.2. The molecule has 0 amide bonds. The predicted octanol–water partition coefficient (Wildman–Crippen LogP) is 5.92. The van der Waals surface area contributed by atoms with Crippen LogP contribution in [0.5, 0.6) is 0 Å². The fourth-order valence-electron chi connectivity index (χ4n) is 6.32. The van der Waals surface area contributed by atoms with E-state index in [2.05, 4.69) is 71.5 Å². The first-order valence-corrected chi connectivity index (χ1v) is 13.6. The normalized spacial score (nSPS) is 18.7. The fraction of sp³-hybridized carbons (Fsp3) is 0.500. The van der Waals surface area contributed by atoms with E-state index >= 15 is 0 Å². The first kappa shape index (κ1) is 23.9. The maximum Gasteiger partial charge on any atom is 0.188 e. The highest BCUT2D eigenvalue weighted by atomic mass is 15.2. The van der Waals surface area contributed by atoms with Gasteiger partial charge in [-0.1, -0.05) is 67.3 Å². The van der Waals surface area contributed by atoms with Crippen molar-refractivity contribution in [1.82, 2.24) is 14.8 Å². The molecule has 3 aromatic rings. The van der Waals surface area contributed by atoms with Crippen LogP contribution in [0, 0.1) is 12.3 Å². The van der Waals surface area contributed by atoms with E-state index in [9.17, 15) is 0 Å². The summed E-state index contributed by atoms with van der Waals surface area (Å²) in [5.41, 5.74) is 11.3. The number of guanidine groups is 1. The van der Waals surface area contributed by atoms with Crippen LogP contribution in [0.3, 0.4) is 0 Å². The van der Waals surface area contributed by atoms with Gasteiger partial charge in [-0.2, -0.15) is 0 Å². The lowest BCUT2D eigenvalue weighted by Gasteiger charge is -2.33. The van der Waals surface area contributed by atoms with Gasteiger partial charge in [-0.3, -0.25) is 5.41 Å². The lowest BCUT2D eigenvalue weighted by atomic mass is 9.87. The van der Waals surface area contributed by atoms with Crippen molar-refractivity contribution in [2.75, 3.05) is 19.6 Å². The molecule has 0 bridgehead atoms. The zero-order chi connectivity index (χ0) is 24.2. The molecule has 1 saturated carbocycles. The number of para-hydroxylation sites is 1. The van der Waals surface area contributed by atoms with E-state index in [1.54, 1.807) is 0 Å². The highest BCUT2D eigenvalue weighted by Crippen LogP contribution is 2.39. The van der Waals surface area contributed by atoms with Crippen LogP contribution in [0.25, 0.3) is 10.9 Å². The van der Waals surface area contributed by atoms with Crippen LogP contribution < -0.4 is 11.1 Å². The quantitative estimate of drug-likeness (QED) is 0.296. The molecule has 1 atom stereocenters. The first-order valence-electron chi connectivity index (χ1n) is 13.6. The Balaban J connectivity index is 1.39. The second-order valence-electron chi connectivity index (χ2n) is 10.7. The molecule has 186 valence electrons. The number of nitrogens with one attached hydrogen (secondary N) is 2. The molecule has 1 saturated heterocycles. The monoisotopic (exact) mass is 471 g/mol. The number of rotatable bonds is 7. The van der Waals surface area contributed by atoms with Gasteiger partial charge >= 0.3 is 0 Å². The van der Waals surface area contributed by atoms with Crippen LogP contribution in [0.2, 0.25) is 0 Å². The molecule has 4 N–H and O–H groups in total. The Labute approximate surface area is 210 Å². The van der Waals surface area contributed by atoms with Crippen molar-refractivity contribution >= 4 is 16.9 Å². The highest BCUT2D eigenvalue weighted by Gasteiger charge is 2.25. The number of fused-ring (bicyclic) bond motifs is 1. The number of piperidine rings is 1. The molecule has 1 aromatic heterocycles. The molecule has 2 heterocycles. The molecule has 1 unspecified atom stereocenters. The van der Waals surface area contributed by atoms with E-state index in [0.29, 0.717) is 18.0 Å². The van der Waals surface area contributed by atoms with Gasteiger partial charge in [-0.15, -0.1) is 0 Å². The highest BCUT2D eigenvalue weighted by molar-refractivity contribution is 5.85. The first-order chi connectivity index (χ1) is 17.1. The number of likely N-dealkylation sites (tertiary alicyclic amines) is 1. The SMILES string of the molecule is Cc1cccc(C(CCNC2CCN(C(=N)N)CC2)c2cn(C3CCCCC3)c3ccccc23)c1. The third-order valence-electron chi connectivity index (χ3n) is 8.26. The molecule has 5 nitrogen and oxygen atoms in total. The summed E-state index contributed by atoms with van der Waals surface area (Å²) in [6, 6.07) is 19.3. The van der Waals surface area contributed by atoms with Gasteiger partial charge in [0.2, 0.25) is 0 Å². The van der Waals surface area contributed by atoms with Crippen molar-refractivity contribution in [3.05, 3.63) is 71.4 Å². The molecule has 2 fully saturated rings. The average Bonchev–Trinajstić information content (AvgIpc) is 3.27. The Morgan fingerprint density at radius 1 is 1.03 bits per heavy atom. The van der Waals surface area contributed by atoms with Gasteiger partial charge < -0.3 is 20.5 Å². The standard InChI is InChI=1S/C30H41N5/c1-22-8-7-9-23(20-22)26(14-17-33-24-15-18-34(19-16-24)30(31)32)28-21-35(25-10-3-2-4-11-25)29-13-6-5-12-27(28)29/h5-9,12-13,20-21,24-26,33H,2-4,10-11,14-19H2,1H3,(H3,31,32). The van der Waals surface area contributed by atoms with E-state index in [0.717, 1.165) is 38.9 Å². The molecule has 0 spiro atoms. The van der Waals surface area contributed by atoms with Crippen LogP contribution in [0.1, 0.15) is 80.0 Å². The zero-order valence-electron chi connectivity index (χ0n) is 21.2. The third-order valence-corrected chi connectivity index (χ3v) is 8.26. The van der Waals surface area contributed by atoms with E-state index < -0.39 is 0 Å². The molecule has 2 aromatic carbocycles. The Morgan fingerprint density at radius 3 is 2.54 bits per heavy atom. The van der Waals surface area contributed by atoms with Gasteiger partial charge in [-0.25, -0.2) is 0 Å². The van der Waals surface area contributed by atoms with Gasteiger partial charge in [0.15, 0.2) is 5.96 Å². The number of hydrogen-bond acceptors (Lipinski definition) is 2. The third kappa shape index (κ3) is 5.40. The summed E-state index contributed by atoms with van der Waals surface area (Å²) in [4.78, 5) is 1.98. The average molecular weight is 472 g/mol. The minimum absolute atomic E-state index is 0.206. The van der Waals surface area contributed by atoms with Crippen molar-refractivity contribution in [3.8, 4) is 0 Å². The van der Waals surface area contributed by atoms with Crippen LogP contribution in [0.4, 0.5) is 0 Å². The lowest BCUT2D eigenvalue weighted by molar-refractivity contribution is 0.278. The van der Waals surface area contributed by atoms with Gasteiger partial charge in [0.25, 0.3) is 0 Å². The Hall–Kier alpha value is -2.79. The maximum atomic E-state index is 7.68. The smallest absolute Gasteiger partial charge is 0.188 e. The van der Waals surface area contributed by atoms with Crippen molar-refractivity contribution in [2.24, 2.45) is 5.73 Å². The van der Waals surface area contributed by atoms with Gasteiger partial charge in [-0.05, 0) is 62.8 Å². The minimum Gasteiger partial charge on any atom is -0.370 e. The molecule has 2 aliphatic rings. The maximum absolute atomic E-state index is 7.68. The molecular weight excluding hydrogens is 430 g/mol. The molecule has 0 radical (unpaired) electrons. The van der Waals surface area contributed by atoms with Crippen molar-refractivity contribution in [3.63, 3.8) is 0 Å². The van der Waals surface area contributed by atoms with Gasteiger partial charge in [0.1, 0.15) is 0 Å². The molecule has 5 heteroatoms. The largest absolute Gasteiger partial charge is 0.370 e. The van der Waals surface area contributed by atoms with Crippen molar-refractivity contribution < 1.29 is 0 Å². The van der Waals surface area contributed by atoms with E-state index in [1.807, 2.05) is 4.90 Å². The number of aromatic nitrogens is 1. The van der Waals surface area contributed by atoms with Crippen molar-refractivity contribution in [1.29, 1.82) is 5.41 Å². The van der Waals surface area contributed by atoms with Gasteiger partial charge in [0.05, 0.1) is 0 Å². The van der Waals surface area contributed by atoms with Crippen molar-refractivity contribution in [2.45, 2.75) is 76.3 Å². The summed E-state index contributed by atoms with van der Waals surface area (Å²) in [6.07, 6.45) is 12.4. The summed E-state index contributed by atoms with van der Waals surface area (Å²) in [5.74, 6) is 0.576.